The first-order chi connectivity index (χ1) is 11.0. The molecule has 6 heteroatoms. The molecule has 0 heterocycles. The van der Waals surface area contributed by atoms with Gasteiger partial charge in [-0.2, -0.15) is 5.26 Å². The molecule has 0 aliphatic heterocycles. The molecule has 23 heavy (non-hydrogen) atoms. The lowest BCUT2D eigenvalue weighted by Crippen LogP contribution is -2.30. The molecular formula is C17H15N3O3. The zero-order valence-corrected chi connectivity index (χ0v) is 12.4. The van der Waals surface area contributed by atoms with Crippen LogP contribution in [0, 0.1) is 11.3 Å². The Hall–Kier alpha value is -3.33. The lowest BCUT2D eigenvalue weighted by atomic mass is 10.2. The molecule has 2 rings (SSSR count). The van der Waals surface area contributed by atoms with Gasteiger partial charge in [0.1, 0.15) is 0 Å². The molecule has 0 saturated heterocycles. The van der Waals surface area contributed by atoms with Crippen LogP contribution < -0.4 is 11.1 Å². The lowest BCUT2D eigenvalue weighted by molar-refractivity contribution is -0.123. The second kappa shape index (κ2) is 7.09. The van der Waals surface area contributed by atoms with Gasteiger partial charge in [0.05, 0.1) is 17.2 Å². The van der Waals surface area contributed by atoms with Crippen LogP contribution in [0.25, 0.3) is 0 Å². The Morgan fingerprint density at radius 1 is 1.22 bits per heavy atom. The average molecular weight is 309 g/mol. The summed E-state index contributed by atoms with van der Waals surface area (Å²) in [5.74, 6) is -1.10. The summed E-state index contributed by atoms with van der Waals surface area (Å²) in [7, 11) is 0. The van der Waals surface area contributed by atoms with Crippen LogP contribution in [0.15, 0.2) is 48.5 Å². The van der Waals surface area contributed by atoms with Crippen LogP contribution in [-0.4, -0.2) is 18.0 Å². The first kappa shape index (κ1) is 16.0. The van der Waals surface area contributed by atoms with E-state index in [1.807, 2.05) is 6.07 Å². The van der Waals surface area contributed by atoms with Gasteiger partial charge in [-0.15, -0.1) is 0 Å². The van der Waals surface area contributed by atoms with Crippen molar-refractivity contribution in [2.24, 2.45) is 0 Å². The summed E-state index contributed by atoms with van der Waals surface area (Å²) in [6, 6.07) is 14.6. The van der Waals surface area contributed by atoms with E-state index < -0.39 is 18.0 Å². The molecule has 0 spiro atoms. The smallest absolute Gasteiger partial charge is 0.338 e. The van der Waals surface area contributed by atoms with Gasteiger partial charge in [0, 0.05) is 11.4 Å². The summed E-state index contributed by atoms with van der Waals surface area (Å²) >= 11 is 0. The molecule has 0 bridgehead atoms. The Kier molecular flexibility index (Phi) is 4.95. The highest BCUT2D eigenvalue weighted by Gasteiger charge is 2.19. The number of hydrogen-bond acceptors (Lipinski definition) is 5. The maximum atomic E-state index is 12.0. The molecule has 0 radical (unpaired) electrons. The van der Waals surface area contributed by atoms with Gasteiger partial charge >= 0.3 is 5.97 Å². The number of nitrogens with two attached hydrogens (primary N) is 1. The minimum atomic E-state index is -0.981. The highest BCUT2D eigenvalue weighted by Crippen LogP contribution is 2.12. The van der Waals surface area contributed by atoms with Crippen LogP contribution in [0.5, 0.6) is 0 Å². The molecule has 3 N–H and O–H groups in total. The van der Waals surface area contributed by atoms with E-state index in [9.17, 15) is 9.59 Å². The molecular weight excluding hydrogens is 294 g/mol. The van der Waals surface area contributed by atoms with Crippen molar-refractivity contribution in [3.8, 4) is 6.07 Å². The number of benzene rings is 2. The standard InChI is InChI=1S/C17H15N3O3/c1-11(23-17(22)13-5-7-14(19)8-6-13)16(21)20-15-4-2-3-12(9-15)10-18/h2-9,11H,19H2,1H3,(H,20,21)/t11-/m0/s1. The van der Waals surface area contributed by atoms with Crippen LogP contribution in [0.2, 0.25) is 0 Å². The summed E-state index contributed by atoms with van der Waals surface area (Å²) < 4.78 is 5.11. The van der Waals surface area contributed by atoms with Crippen LogP contribution in [0.4, 0.5) is 11.4 Å². The van der Waals surface area contributed by atoms with Crippen LogP contribution in [-0.2, 0) is 9.53 Å². The quantitative estimate of drug-likeness (QED) is 0.666. The summed E-state index contributed by atoms with van der Waals surface area (Å²) in [5.41, 5.74) is 7.28. The fourth-order valence-corrected chi connectivity index (χ4v) is 1.81. The number of nitrogen functional groups attached to an aromatic ring is 1. The monoisotopic (exact) mass is 309 g/mol. The zero-order valence-electron chi connectivity index (χ0n) is 12.4. The fraction of sp³-hybridized carbons (Fsp3) is 0.118. The molecule has 0 aliphatic rings. The molecule has 6 nitrogen and oxygen atoms in total. The molecule has 1 atom stereocenters. The van der Waals surface area contributed by atoms with E-state index in [-0.39, 0.29) is 0 Å². The van der Waals surface area contributed by atoms with Crippen molar-refractivity contribution in [2.45, 2.75) is 13.0 Å². The number of carbonyl (C=O) groups is 2. The normalized spacial score (nSPS) is 11.1. The second-order valence-corrected chi connectivity index (χ2v) is 4.85. The third-order valence-electron chi connectivity index (χ3n) is 3.06. The summed E-state index contributed by atoms with van der Waals surface area (Å²) in [6.45, 7) is 1.47. The third kappa shape index (κ3) is 4.32. The number of esters is 1. The largest absolute Gasteiger partial charge is 0.449 e. The second-order valence-electron chi connectivity index (χ2n) is 4.85. The van der Waals surface area contributed by atoms with Crippen molar-refractivity contribution in [3.05, 3.63) is 59.7 Å². The van der Waals surface area contributed by atoms with Gasteiger partial charge in [0.15, 0.2) is 6.10 Å². The predicted molar refractivity (Wildman–Crippen MR) is 85.5 cm³/mol. The molecule has 0 aliphatic carbocycles. The van der Waals surface area contributed by atoms with Gasteiger partial charge in [-0.05, 0) is 49.4 Å². The van der Waals surface area contributed by atoms with E-state index in [0.717, 1.165) is 0 Å². The van der Waals surface area contributed by atoms with Crippen molar-refractivity contribution >= 4 is 23.3 Å². The maximum Gasteiger partial charge on any atom is 0.338 e. The van der Waals surface area contributed by atoms with E-state index in [2.05, 4.69) is 5.32 Å². The number of amides is 1. The number of nitrogens with one attached hydrogen (secondary N) is 1. The van der Waals surface area contributed by atoms with Gasteiger partial charge in [-0.1, -0.05) is 6.07 Å². The Balaban J connectivity index is 1.98. The Bertz CT molecular complexity index is 763. The zero-order chi connectivity index (χ0) is 16.8. The van der Waals surface area contributed by atoms with E-state index in [1.165, 1.54) is 25.1 Å². The van der Waals surface area contributed by atoms with Gasteiger partial charge in [-0.25, -0.2) is 4.79 Å². The van der Waals surface area contributed by atoms with Crippen LogP contribution in [0.3, 0.4) is 0 Å². The number of nitriles is 1. The van der Waals surface area contributed by atoms with E-state index in [0.29, 0.717) is 22.5 Å². The van der Waals surface area contributed by atoms with Gasteiger partial charge in [0.25, 0.3) is 5.91 Å². The lowest BCUT2D eigenvalue weighted by Gasteiger charge is -2.13. The van der Waals surface area contributed by atoms with E-state index in [4.69, 9.17) is 15.7 Å². The van der Waals surface area contributed by atoms with Crippen molar-refractivity contribution < 1.29 is 14.3 Å². The summed E-state index contributed by atoms with van der Waals surface area (Å²) in [4.78, 5) is 24.0. The first-order valence-electron chi connectivity index (χ1n) is 6.87. The van der Waals surface area contributed by atoms with E-state index >= 15 is 0 Å². The number of carbonyl (C=O) groups excluding carboxylic acids is 2. The predicted octanol–water partition coefficient (Wildman–Crippen LogP) is 2.32. The number of hydrogen-bond donors (Lipinski definition) is 2. The van der Waals surface area contributed by atoms with Crippen molar-refractivity contribution in [1.82, 2.24) is 0 Å². The number of anilines is 2. The SMILES string of the molecule is C[C@H](OC(=O)c1ccc(N)cc1)C(=O)Nc1cccc(C#N)c1. The van der Waals surface area contributed by atoms with Crippen LogP contribution in [0.1, 0.15) is 22.8 Å². The summed E-state index contributed by atoms with van der Waals surface area (Å²) in [6.07, 6.45) is -0.981. The molecule has 2 aromatic carbocycles. The van der Waals surface area contributed by atoms with Gasteiger partial charge in [-0.3, -0.25) is 4.79 Å². The molecule has 0 unspecified atom stereocenters. The minimum Gasteiger partial charge on any atom is -0.449 e. The Morgan fingerprint density at radius 3 is 2.57 bits per heavy atom. The maximum absolute atomic E-state index is 12.0. The Labute approximate surface area is 133 Å². The topological polar surface area (TPSA) is 105 Å². The fourth-order valence-electron chi connectivity index (χ4n) is 1.81. The average Bonchev–Trinajstić information content (AvgIpc) is 2.55. The Morgan fingerprint density at radius 2 is 1.91 bits per heavy atom. The van der Waals surface area contributed by atoms with Crippen molar-refractivity contribution in [2.75, 3.05) is 11.1 Å². The molecule has 0 fully saturated rings. The summed E-state index contributed by atoms with van der Waals surface area (Å²) in [5, 5.41) is 11.4. The van der Waals surface area contributed by atoms with Crippen molar-refractivity contribution in [3.63, 3.8) is 0 Å². The van der Waals surface area contributed by atoms with Gasteiger partial charge in [0.2, 0.25) is 0 Å². The molecule has 116 valence electrons. The molecule has 0 aromatic heterocycles. The molecule has 1 amide bonds. The third-order valence-corrected chi connectivity index (χ3v) is 3.06. The highest BCUT2D eigenvalue weighted by atomic mass is 16.5. The number of nitrogens with zero attached hydrogens (tertiary/aromatic N) is 1. The number of rotatable bonds is 4. The van der Waals surface area contributed by atoms with E-state index in [1.54, 1.807) is 30.3 Å². The minimum absolute atomic E-state index is 0.310. The molecule has 0 saturated carbocycles. The van der Waals surface area contributed by atoms with Crippen LogP contribution >= 0.6 is 0 Å². The first-order valence-corrected chi connectivity index (χ1v) is 6.87. The highest BCUT2D eigenvalue weighted by molar-refractivity contribution is 5.97. The molecule has 2 aromatic rings. The number of ether oxygens (including phenoxy) is 1. The van der Waals surface area contributed by atoms with Gasteiger partial charge < -0.3 is 15.8 Å². The van der Waals surface area contributed by atoms with Crippen molar-refractivity contribution in [1.29, 1.82) is 5.26 Å².